The highest BCUT2D eigenvalue weighted by Crippen LogP contribution is 2.20. The maximum Gasteiger partial charge on any atom is 0.276 e. The molecule has 0 bridgehead atoms. The Labute approximate surface area is 169 Å². The van der Waals surface area contributed by atoms with Crippen LogP contribution in [0.2, 0.25) is 0 Å². The molecule has 1 fully saturated rings. The summed E-state index contributed by atoms with van der Waals surface area (Å²) >= 11 is 0. The first-order chi connectivity index (χ1) is 14.1. The predicted molar refractivity (Wildman–Crippen MR) is 110 cm³/mol. The quantitative estimate of drug-likeness (QED) is 0.725. The molecule has 2 heterocycles. The standard InChI is InChI=1S/C22H25N5O2/c1-16(28)23-12-17-6-5-11-26(13-17)22(29)21-15-27(25-24-21)14-19-9-4-8-18-7-2-3-10-20(18)19/h2-4,7-10,15,17H,5-6,11-14H2,1H3,(H,23,28)/t17-/m1/s1. The molecular formula is C22H25N5O2. The number of carbonyl (C=O) groups is 2. The van der Waals surface area contributed by atoms with Crippen LogP contribution in [0.4, 0.5) is 0 Å². The van der Waals surface area contributed by atoms with Crippen molar-refractivity contribution in [2.24, 2.45) is 5.92 Å². The number of nitrogens with one attached hydrogen (secondary N) is 1. The summed E-state index contributed by atoms with van der Waals surface area (Å²) in [5.41, 5.74) is 1.51. The average molecular weight is 391 g/mol. The van der Waals surface area contributed by atoms with Gasteiger partial charge in [0.05, 0.1) is 12.7 Å². The molecule has 29 heavy (non-hydrogen) atoms. The van der Waals surface area contributed by atoms with Crippen LogP contribution in [-0.4, -0.2) is 51.3 Å². The first kappa shape index (κ1) is 19.1. The van der Waals surface area contributed by atoms with E-state index in [-0.39, 0.29) is 17.7 Å². The Morgan fingerprint density at radius 3 is 2.86 bits per heavy atom. The van der Waals surface area contributed by atoms with Gasteiger partial charge in [0, 0.05) is 26.6 Å². The lowest BCUT2D eigenvalue weighted by Crippen LogP contribution is -2.43. The number of hydrogen-bond donors (Lipinski definition) is 1. The van der Waals surface area contributed by atoms with Gasteiger partial charge in [0.15, 0.2) is 5.69 Å². The lowest BCUT2D eigenvalue weighted by molar-refractivity contribution is -0.119. The highest BCUT2D eigenvalue weighted by atomic mass is 16.2. The van der Waals surface area contributed by atoms with Gasteiger partial charge in [-0.05, 0) is 35.1 Å². The zero-order valence-electron chi connectivity index (χ0n) is 16.5. The summed E-state index contributed by atoms with van der Waals surface area (Å²) in [6.45, 7) is 4.03. The number of carbonyl (C=O) groups excluding carboxylic acids is 2. The fraction of sp³-hybridized carbons (Fsp3) is 0.364. The minimum Gasteiger partial charge on any atom is -0.356 e. The Morgan fingerprint density at radius 2 is 2.00 bits per heavy atom. The number of aromatic nitrogens is 3. The van der Waals surface area contributed by atoms with Crippen LogP contribution >= 0.6 is 0 Å². The minimum atomic E-state index is -0.0957. The molecule has 0 aliphatic carbocycles. The van der Waals surface area contributed by atoms with E-state index in [0.29, 0.717) is 31.9 Å². The Hall–Kier alpha value is -3.22. The Balaban J connectivity index is 1.44. The van der Waals surface area contributed by atoms with Crippen LogP contribution in [0.1, 0.15) is 35.8 Å². The number of likely N-dealkylation sites (tertiary alicyclic amines) is 1. The molecule has 150 valence electrons. The predicted octanol–water partition coefficient (Wildman–Crippen LogP) is 2.47. The molecule has 4 rings (SSSR count). The fourth-order valence-electron chi connectivity index (χ4n) is 3.94. The molecule has 1 saturated heterocycles. The summed E-state index contributed by atoms with van der Waals surface area (Å²) in [5, 5.41) is 13.5. The summed E-state index contributed by atoms with van der Waals surface area (Å²) in [7, 11) is 0. The topological polar surface area (TPSA) is 80.1 Å². The summed E-state index contributed by atoms with van der Waals surface area (Å²) in [6, 6.07) is 14.4. The molecule has 1 aliphatic rings. The lowest BCUT2D eigenvalue weighted by Gasteiger charge is -2.32. The van der Waals surface area contributed by atoms with Gasteiger partial charge < -0.3 is 10.2 Å². The number of hydrogen-bond acceptors (Lipinski definition) is 4. The van der Waals surface area contributed by atoms with E-state index in [0.717, 1.165) is 18.4 Å². The van der Waals surface area contributed by atoms with Gasteiger partial charge >= 0.3 is 0 Å². The van der Waals surface area contributed by atoms with E-state index in [4.69, 9.17) is 0 Å². The van der Waals surface area contributed by atoms with Crippen LogP contribution < -0.4 is 5.32 Å². The highest BCUT2D eigenvalue weighted by Gasteiger charge is 2.26. The largest absolute Gasteiger partial charge is 0.356 e. The van der Waals surface area contributed by atoms with Crippen molar-refractivity contribution in [1.29, 1.82) is 0 Å². The van der Waals surface area contributed by atoms with Crippen LogP contribution in [0.3, 0.4) is 0 Å². The van der Waals surface area contributed by atoms with E-state index in [2.05, 4.69) is 39.9 Å². The zero-order chi connectivity index (χ0) is 20.2. The summed E-state index contributed by atoms with van der Waals surface area (Å²) in [5.74, 6) is 0.147. The lowest BCUT2D eigenvalue weighted by atomic mass is 9.97. The van der Waals surface area contributed by atoms with E-state index in [9.17, 15) is 9.59 Å². The first-order valence-corrected chi connectivity index (χ1v) is 10.0. The van der Waals surface area contributed by atoms with Crippen LogP contribution in [0.5, 0.6) is 0 Å². The maximum atomic E-state index is 12.9. The van der Waals surface area contributed by atoms with Crippen molar-refractivity contribution < 1.29 is 9.59 Å². The van der Waals surface area contributed by atoms with Crippen molar-refractivity contribution in [3.05, 3.63) is 59.9 Å². The molecule has 1 aliphatic heterocycles. The number of nitrogens with zero attached hydrogens (tertiary/aromatic N) is 4. The number of piperidine rings is 1. The first-order valence-electron chi connectivity index (χ1n) is 10.0. The molecule has 0 spiro atoms. The molecule has 0 unspecified atom stereocenters. The van der Waals surface area contributed by atoms with Crippen molar-refractivity contribution in [2.45, 2.75) is 26.3 Å². The van der Waals surface area contributed by atoms with Crippen LogP contribution in [-0.2, 0) is 11.3 Å². The van der Waals surface area contributed by atoms with E-state index in [1.165, 1.54) is 17.7 Å². The summed E-state index contributed by atoms with van der Waals surface area (Å²) in [4.78, 5) is 25.9. The molecule has 1 aromatic heterocycles. The smallest absolute Gasteiger partial charge is 0.276 e. The molecule has 1 N–H and O–H groups in total. The van der Waals surface area contributed by atoms with Gasteiger partial charge in [-0.25, -0.2) is 4.68 Å². The highest BCUT2D eigenvalue weighted by molar-refractivity contribution is 5.92. The molecule has 1 atom stereocenters. The molecular weight excluding hydrogens is 366 g/mol. The Morgan fingerprint density at radius 1 is 1.17 bits per heavy atom. The van der Waals surface area contributed by atoms with Crippen molar-refractivity contribution in [3.63, 3.8) is 0 Å². The van der Waals surface area contributed by atoms with Crippen LogP contribution in [0, 0.1) is 5.92 Å². The van der Waals surface area contributed by atoms with Crippen molar-refractivity contribution in [3.8, 4) is 0 Å². The number of fused-ring (bicyclic) bond motifs is 1. The van der Waals surface area contributed by atoms with Crippen molar-refractivity contribution >= 4 is 22.6 Å². The minimum absolute atomic E-state index is 0.0372. The normalized spacial score (nSPS) is 16.7. The van der Waals surface area contributed by atoms with Crippen molar-refractivity contribution in [1.82, 2.24) is 25.2 Å². The zero-order valence-corrected chi connectivity index (χ0v) is 16.5. The Bertz CT molecular complexity index is 1020. The summed E-state index contributed by atoms with van der Waals surface area (Å²) in [6.07, 6.45) is 3.67. The SMILES string of the molecule is CC(=O)NC[C@H]1CCCN(C(=O)c2cn(Cc3cccc4ccccc34)nn2)C1. The van der Waals surface area contributed by atoms with Crippen molar-refractivity contribution in [2.75, 3.05) is 19.6 Å². The third-order valence-electron chi connectivity index (χ3n) is 5.42. The Kier molecular flexibility index (Phi) is 5.55. The second-order valence-corrected chi connectivity index (χ2v) is 7.64. The van der Waals surface area contributed by atoms with E-state index in [1.54, 1.807) is 10.9 Å². The molecule has 2 amide bonds. The monoisotopic (exact) mass is 391 g/mol. The van der Waals surface area contributed by atoms with Gasteiger partial charge in [-0.15, -0.1) is 5.10 Å². The van der Waals surface area contributed by atoms with Gasteiger partial charge in [0.2, 0.25) is 5.91 Å². The van der Waals surface area contributed by atoms with E-state index in [1.807, 2.05) is 23.1 Å². The molecule has 7 nitrogen and oxygen atoms in total. The molecule has 7 heteroatoms. The number of rotatable bonds is 5. The van der Waals surface area contributed by atoms with Gasteiger partial charge in [-0.3, -0.25) is 9.59 Å². The molecule has 0 radical (unpaired) electrons. The number of benzene rings is 2. The second kappa shape index (κ2) is 8.43. The third-order valence-corrected chi connectivity index (χ3v) is 5.42. The molecule has 0 saturated carbocycles. The van der Waals surface area contributed by atoms with Crippen LogP contribution in [0.15, 0.2) is 48.7 Å². The van der Waals surface area contributed by atoms with Crippen LogP contribution in [0.25, 0.3) is 10.8 Å². The maximum absolute atomic E-state index is 12.9. The third kappa shape index (κ3) is 4.45. The van der Waals surface area contributed by atoms with Gasteiger partial charge in [-0.1, -0.05) is 47.7 Å². The molecule has 3 aromatic rings. The van der Waals surface area contributed by atoms with E-state index < -0.39 is 0 Å². The second-order valence-electron chi connectivity index (χ2n) is 7.64. The fourth-order valence-corrected chi connectivity index (χ4v) is 3.94. The van der Waals surface area contributed by atoms with Gasteiger partial charge in [0.1, 0.15) is 0 Å². The van der Waals surface area contributed by atoms with Gasteiger partial charge in [-0.2, -0.15) is 0 Å². The molecule has 2 aromatic carbocycles. The van der Waals surface area contributed by atoms with E-state index >= 15 is 0 Å². The average Bonchev–Trinajstić information content (AvgIpc) is 3.21. The van der Waals surface area contributed by atoms with Gasteiger partial charge in [0.25, 0.3) is 5.91 Å². The summed E-state index contributed by atoms with van der Waals surface area (Å²) < 4.78 is 1.72. The number of amides is 2.